The van der Waals surface area contributed by atoms with E-state index in [4.69, 9.17) is 4.74 Å². The maximum atomic E-state index is 11.5. The van der Waals surface area contributed by atoms with Gasteiger partial charge in [-0.1, -0.05) is 13.8 Å². The van der Waals surface area contributed by atoms with Crippen LogP contribution in [0.4, 0.5) is 0 Å². The molecule has 1 rings (SSSR count). The predicted octanol–water partition coefficient (Wildman–Crippen LogP) is 0.853. The Kier molecular flexibility index (Phi) is 3.49. The molecule has 0 radical (unpaired) electrons. The van der Waals surface area contributed by atoms with Gasteiger partial charge in [-0.25, -0.2) is 4.79 Å². The van der Waals surface area contributed by atoms with Crippen LogP contribution >= 0.6 is 0 Å². The van der Waals surface area contributed by atoms with Gasteiger partial charge in [-0.2, -0.15) is 0 Å². The zero-order valence-electron chi connectivity index (χ0n) is 8.87. The van der Waals surface area contributed by atoms with Crippen LogP contribution in [-0.2, 0) is 14.3 Å². The molecule has 80 valence electrons. The Morgan fingerprint density at radius 1 is 1.50 bits per heavy atom. The van der Waals surface area contributed by atoms with Gasteiger partial charge in [0, 0.05) is 0 Å². The van der Waals surface area contributed by atoms with E-state index in [2.05, 4.69) is 5.32 Å². The van der Waals surface area contributed by atoms with E-state index in [-0.39, 0.29) is 24.4 Å². The Balaban J connectivity index is 2.64. The van der Waals surface area contributed by atoms with Crippen LogP contribution in [0.2, 0.25) is 0 Å². The Morgan fingerprint density at radius 3 is 2.71 bits per heavy atom. The van der Waals surface area contributed by atoms with Gasteiger partial charge in [-0.05, 0) is 19.3 Å². The summed E-state index contributed by atoms with van der Waals surface area (Å²) in [5.41, 5.74) is 0. The standard InChI is InChI=1S/C10H17NO3/c1-6(2)4-8-10(13)14-7(3)5-9(12)11-8/h6-8H,4-5H2,1-3H3,(H,11,12). The molecule has 4 heteroatoms. The van der Waals surface area contributed by atoms with Gasteiger partial charge in [0.2, 0.25) is 5.91 Å². The molecule has 1 aliphatic heterocycles. The lowest BCUT2D eigenvalue weighted by Crippen LogP contribution is -2.39. The molecule has 0 aromatic rings. The highest BCUT2D eigenvalue weighted by Gasteiger charge is 2.29. The maximum absolute atomic E-state index is 11.5. The molecule has 1 amide bonds. The second kappa shape index (κ2) is 4.44. The van der Waals surface area contributed by atoms with Gasteiger partial charge >= 0.3 is 5.97 Å². The first-order valence-corrected chi connectivity index (χ1v) is 4.99. The Bertz CT molecular complexity index is 238. The predicted molar refractivity (Wildman–Crippen MR) is 51.6 cm³/mol. The molecular formula is C10H17NO3. The van der Waals surface area contributed by atoms with E-state index in [1.807, 2.05) is 13.8 Å². The summed E-state index contributed by atoms with van der Waals surface area (Å²) >= 11 is 0. The minimum atomic E-state index is -0.465. The molecule has 14 heavy (non-hydrogen) atoms. The number of carbonyl (C=O) groups excluding carboxylic acids is 2. The van der Waals surface area contributed by atoms with Crippen LogP contribution in [0.5, 0.6) is 0 Å². The molecule has 0 aromatic carbocycles. The van der Waals surface area contributed by atoms with Crippen molar-refractivity contribution in [1.29, 1.82) is 0 Å². The molecule has 0 spiro atoms. The maximum Gasteiger partial charge on any atom is 0.328 e. The number of hydrogen-bond acceptors (Lipinski definition) is 3. The summed E-state index contributed by atoms with van der Waals surface area (Å²) in [7, 11) is 0. The Hall–Kier alpha value is -1.06. The largest absolute Gasteiger partial charge is 0.461 e. The first-order chi connectivity index (χ1) is 6.49. The van der Waals surface area contributed by atoms with Gasteiger partial charge in [0.05, 0.1) is 6.42 Å². The summed E-state index contributed by atoms with van der Waals surface area (Å²) in [6.07, 6.45) is 0.595. The van der Waals surface area contributed by atoms with Crippen LogP contribution in [-0.4, -0.2) is 24.0 Å². The van der Waals surface area contributed by atoms with Crippen molar-refractivity contribution in [2.45, 2.75) is 45.8 Å². The quantitative estimate of drug-likeness (QED) is 0.671. The third kappa shape index (κ3) is 3.01. The van der Waals surface area contributed by atoms with E-state index in [1.165, 1.54) is 0 Å². The van der Waals surface area contributed by atoms with Gasteiger partial charge in [-0.15, -0.1) is 0 Å². The molecular weight excluding hydrogens is 182 g/mol. The average molecular weight is 199 g/mol. The monoisotopic (exact) mass is 199 g/mol. The van der Waals surface area contributed by atoms with Gasteiger partial charge in [-0.3, -0.25) is 4.79 Å². The smallest absolute Gasteiger partial charge is 0.328 e. The second-order valence-electron chi connectivity index (χ2n) is 4.20. The van der Waals surface area contributed by atoms with E-state index >= 15 is 0 Å². The number of hydrogen-bond donors (Lipinski definition) is 1. The van der Waals surface area contributed by atoms with E-state index in [0.717, 1.165) is 0 Å². The first-order valence-electron chi connectivity index (χ1n) is 4.99. The lowest BCUT2D eigenvalue weighted by molar-refractivity contribution is -0.149. The number of rotatable bonds is 2. The molecule has 0 aliphatic carbocycles. The van der Waals surface area contributed by atoms with Crippen molar-refractivity contribution in [1.82, 2.24) is 5.32 Å². The van der Waals surface area contributed by atoms with Crippen LogP contribution in [0.1, 0.15) is 33.6 Å². The number of esters is 1. The third-order valence-electron chi connectivity index (χ3n) is 2.12. The van der Waals surface area contributed by atoms with Gasteiger partial charge in [0.15, 0.2) is 0 Å². The van der Waals surface area contributed by atoms with Crippen molar-refractivity contribution in [3.8, 4) is 0 Å². The summed E-state index contributed by atoms with van der Waals surface area (Å²) in [4.78, 5) is 22.8. The molecule has 1 aliphatic rings. The lowest BCUT2D eigenvalue weighted by atomic mass is 10.0. The van der Waals surface area contributed by atoms with Gasteiger partial charge in [0.1, 0.15) is 12.1 Å². The fraction of sp³-hybridized carbons (Fsp3) is 0.800. The number of ether oxygens (including phenoxy) is 1. The molecule has 1 fully saturated rings. The molecule has 0 aromatic heterocycles. The van der Waals surface area contributed by atoms with Crippen LogP contribution in [0.25, 0.3) is 0 Å². The van der Waals surface area contributed by atoms with Crippen LogP contribution in [0, 0.1) is 5.92 Å². The van der Waals surface area contributed by atoms with E-state index in [1.54, 1.807) is 6.92 Å². The fourth-order valence-corrected chi connectivity index (χ4v) is 1.52. The summed E-state index contributed by atoms with van der Waals surface area (Å²) in [6.45, 7) is 5.75. The third-order valence-corrected chi connectivity index (χ3v) is 2.12. The minimum Gasteiger partial charge on any atom is -0.461 e. The van der Waals surface area contributed by atoms with Crippen molar-refractivity contribution in [3.63, 3.8) is 0 Å². The zero-order valence-corrected chi connectivity index (χ0v) is 8.87. The van der Waals surface area contributed by atoms with E-state index in [9.17, 15) is 9.59 Å². The van der Waals surface area contributed by atoms with Gasteiger partial charge < -0.3 is 10.1 Å². The minimum absolute atomic E-state index is 0.103. The molecule has 1 saturated heterocycles. The average Bonchev–Trinajstić information content (AvgIpc) is 2.10. The summed E-state index contributed by atoms with van der Waals surface area (Å²) in [6, 6.07) is -0.465. The summed E-state index contributed by atoms with van der Waals surface area (Å²) in [5, 5.41) is 2.68. The highest BCUT2D eigenvalue weighted by molar-refractivity contribution is 5.86. The zero-order chi connectivity index (χ0) is 10.7. The lowest BCUT2D eigenvalue weighted by Gasteiger charge is -2.15. The van der Waals surface area contributed by atoms with E-state index < -0.39 is 6.04 Å². The first kappa shape index (κ1) is 11.0. The molecule has 2 atom stereocenters. The molecule has 1 N–H and O–H groups in total. The van der Waals surface area contributed by atoms with E-state index in [0.29, 0.717) is 12.3 Å². The summed E-state index contributed by atoms with van der Waals surface area (Å²) < 4.78 is 5.07. The summed E-state index contributed by atoms with van der Waals surface area (Å²) in [5.74, 6) is -0.0488. The molecule has 4 nitrogen and oxygen atoms in total. The van der Waals surface area contributed by atoms with Crippen molar-refractivity contribution < 1.29 is 14.3 Å². The normalized spacial score (nSPS) is 28.3. The SMILES string of the molecule is CC(C)CC1NC(=O)CC(C)OC1=O. The second-order valence-corrected chi connectivity index (χ2v) is 4.20. The van der Waals surface area contributed by atoms with Crippen LogP contribution in [0.3, 0.4) is 0 Å². The molecule has 0 saturated carbocycles. The van der Waals surface area contributed by atoms with Crippen molar-refractivity contribution >= 4 is 11.9 Å². The number of amides is 1. The molecule has 1 heterocycles. The van der Waals surface area contributed by atoms with Crippen molar-refractivity contribution in [3.05, 3.63) is 0 Å². The highest BCUT2D eigenvalue weighted by atomic mass is 16.5. The van der Waals surface area contributed by atoms with Crippen LogP contribution < -0.4 is 5.32 Å². The van der Waals surface area contributed by atoms with Crippen molar-refractivity contribution in [2.24, 2.45) is 5.92 Å². The fourth-order valence-electron chi connectivity index (χ4n) is 1.52. The van der Waals surface area contributed by atoms with Crippen LogP contribution in [0.15, 0.2) is 0 Å². The number of cyclic esters (lactones) is 1. The topological polar surface area (TPSA) is 55.4 Å². The number of carbonyl (C=O) groups is 2. The van der Waals surface area contributed by atoms with Crippen molar-refractivity contribution in [2.75, 3.05) is 0 Å². The number of nitrogens with one attached hydrogen (secondary N) is 1. The highest BCUT2D eigenvalue weighted by Crippen LogP contribution is 2.12. The molecule has 2 unspecified atom stereocenters. The Morgan fingerprint density at radius 2 is 2.14 bits per heavy atom. The Labute approximate surface area is 84.0 Å². The molecule has 0 bridgehead atoms. The van der Waals surface area contributed by atoms with Gasteiger partial charge in [0.25, 0.3) is 0 Å².